The van der Waals surface area contributed by atoms with Crippen LogP contribution in [0.25, 0.3) is 11.1 Å². The molecule has 3 rings (SSSR count). The molecule has 0 saturated carbocycles. The molecule has 0 aliphatic carbocycles. The second-order valence-corrected chi connectivity index (χ2v) is 7.89. The standard InChI is InChI=1S/C19H22N4O2S/c1-13-19(14(2)23(3)21-13)22-26(24,25)18-9-7-16(8-10-18)17-6-4-5-15(11-17)12-20/h4-11,22H,12,20H2,1-3H3. The Labute approximate surface area is 153 Å². The quantitative estimate of drug-likeness (QED) is 0.722. The van der Waals surface area contributed by atoms with Crippen molar-refractivity contribution in [2.45, 2.75) is 25.3 Å². The van der Waals surface area contributed by atoms with Crippen molar-refractivity contribution in [3.63, 3.8) is 0 Å². The number of aromatic nitrogens is 2. The molecule has 0 amide bonds. The Morgan fingerprint density at radius 2 is 1.77 bits per heavy atom. The maximum Gasteiger partial charge on any atom is 0.262 e. The Morgan fingerprint density at radius 1 is 1.08 bits per heavy atom. The van der Waals surface area contributed by atoms with Gasteiger partial charge >= 0.3 is 0 Å². The van der Waals surface area contributed by atoms with E-state index in [-0.39, 0.29) is 4.90 Å². The number of anilines is 1. The minimum atomic E-state index is -3.68. The van der Waals surface area contributed by atoms with E-state index >= 15 is 0 Å². The first-order chi connectivity index (χ1) is 12.3. The van der Waals surface area contributed by atoms with Crippen LogP contribution < -0.4 is 10.5 Å². The van der Waals surface area contributed by atoms with E-state index in [0.717, 1.165) is 22.4 Å². The third-order valence-electron chi connectivity index (χ3n) is 4.41. The van der Waals surface area contributed by atoms with Gasteiger partial charge in [0.05, 0.1) is 22.0 Å². The van der Waals surface area contributed by atoms with Gasteiger partial charge in [-0.2, -0.15) is 5.10 Å². The van der Waals surface area contributed by atoms with E-state index in [4.69, 9.17) is 5.73 Å². The van der Waals surface area contributed by atoms with Crippen LogP contribution in [0.5, 0.6) is 0 Å². The number of nitrogens with two attached hydrogens (primary N) is 1. The van der Waals surface area contributed by atoms with Crippen LogP contribution in [0.3, 0.4) is 0 Å². The van der Waals surface area contributed by atoms with E-state index < -0.39 is 10.0 Å². The zero-order valence-corrected chi connectivity index (χ0v) is 15.8. The maximum absolute atomic E-state index is 12.7. The van der Waals surface area contributed by atoms with Crippen LogP contribution in [0, 0.1) is 13.8 Å². The molecule has 0 aliphatic rings. The highest BCUT2D eigenvalue weighted by molar-refractivity contribution is 7.92. The molecule has 0 saturated heterocycles. The Bertz CT molecular complexity index is 1040. The fourth-order valence-corrected chi connectivity index (χ4v) is 4.00. The van der Waals surface area contributed by atoms with Crippen LogP contribution in [0.2, 0.25) is 0 Å². The molecule has 7 heteroatoms. The number of hydrogen-bond acceptors (Lipinski definition) is 4. The van der Waals surface area contributed by atoms with E-state index in [1.807, 2.05) is 31.2 Å². The Kier molecular flexibility index (Phi) is 4.84. The van der Waals surface area contributed by atoms with E-state index in [1.165, 1.54) is 0 Å². The minimum absolute atomic E-state index is 0.207. The largest absolute Gasteiger partial charge is 0.326 e. The highest BCUT2D eigenvalue weighted by Gasteiger charge is 2.19. The summed E-state index contributed by atoms with van der Waals surface area (Å²) >= 11 is 0. The van der Waals surface area contributed by atoms with Gasteiger partial charge in [0, 0.05) is 13.6 Å². The van der Waals surface area contributed by atoms with Crippen molar-refractivity contribution in [1.29, 1.82) is 0 Å². The lowest BCUT2D eigenvalue weighted by atomic mass is 10.0. The summed E-state index contributed by atoms with van der Waals surface area (Å²) in [6, 6.07) is 14.7. The van der Waals surface area contributed by atoms with Crippen LogP contribution >= 0.6 is 0 Å². The van der Waals surface area contributed by atoms with Crippen molar-refractivity contribution < 1.29 is 8.42 Å². The fraction of sp³-hybridized carbons (Fsp3) is 0.211. The topological polar surface area (TPSA) is 90.0 Å². The lowest BCUT2D eigenvalue weighted by molar-refractivity contribution is 0.601. The first-order valence-electron chi connectivity index (χ1n) is 8.24. The molecule has 0 spiro atoms. The van der Waals surface area contributed by atoms with Crippen LogP contribution in [0.1, 0.15) is 17.0 Å². The van der Waals surface area contributed by atoms with E-state index in [9.17, 15) is 8.42 Å². The predicted octanol–water partition coefficient (Wildman–Crippen LogP) is 2.96. The van der Waals surface area contributed by atoms with Gasteiger partial charge in [0.25, 0.3) is 10.0 Å². The lowest BCUT2D eigenvalue weighted by Gasteiger charge is -2.10. The van der Waals surface area contributed by atoms with Crippen molar-refractivity contribution in [1.82, 2.24) is 9.78 Å². The SMILES string of the molecule is Cc1nn(C)c(C)c1NS(=O)(=O)c1ccc(-c2cccc(CN)c2)cc1. The number of rotatable bonds is 5. The third kappa shape index (κ3) is 3.49. The van der Waals surface area contributed by atoms with E-state index in [2.05, 4.69) is 9.82 Å². The zero-order valence-electron chi connectivity index (χ0n) is 15.0. The number of benzene rings is 2. The summed E-state index contributed by atoms with van der Waals surface area (Å²) in [6.07, 6.45) is 0. The van der Waals surface area contributed by atoms with Crippen LogP contribution in [-0.2, 0) is 23.6 Å². The second kappa shape index (κ2) is 6.93. The number of nitrogens with zero attached hydrogens (tertiary/aromatic N) is 2. The smallest absolute Gasteiger partial charge is 0.262 e. The van der Waals surface area contributed by atoms with Crippen molar-refractivity contribution in [2.75, 3.05) is 4.72 Å². The first-order valence-corrected chi connectivity index (χ1v) is 9.72. The molecule has 3 aromatic rings. The summed E-state index contributed by atoms with van der Waals surface area (Å²) in [5, 5.41) is 4.24. The Morgan fingerprint density at radius 3 is 2.35 bits per heavy atom. The van der Waals surface area contributed by atoms with Gasteiger partial charge in [0.15, 0.2) is 0 Å². The van der Waals surface area contributed by atoms with Gasteiger partial charge in [0.2, 0.25) is 0 Å². The average molecular weight is 370 g/mol. The van der Waals surface area contributed by atoms with Crippen LogP contribution in [0.15, 0.2) is 53.4 Å². The predicted molar refractivity (Wildman–Crippen MR) is 103 cm³/mol. The normalized spacial score (nSPS) is 11.5. The molecule has 3 N–H and O–H groups in total. The molecule has 136 valence electrons. The van der Waals surface area contributed by atoms with Gasteiger partial charge in [-0.05, 0) is 48.7 Å². The number of sulfonamides is 1. The van der Waals surface area contributed by atoms with Gasteiger partial charge in [-0.15, -0.1) is 0 Å². The van der Waals surface area contributed by atoms with Gasteiger partial charge in [-0.1, -0.05) is 30.3 Å². The second-order valence-electron chi connectivity index (χ2n) is 6.20. The summed E-state index contributed by atoms with van der Waals surface area (Å²) in [5.41, 5.74) is 10.6. The van der Waals surface area contributed by atoms with Crippen molar-refractivity contribution >= 4 is 15.7 Å². The van der Waals surface area contributed by atoms with E-state index in [0.29, 0.717) is 17.9 Å². The third-order valence-corrected chi connectivity index (χ3v) is 5.77. The first kappa shape index (κ1) is 18.2. The number of hydrogen-bond donors (Lipinski definition) is 2. The highest BCUT2D eigenvalue weighted by atomic mass is 32.2. The molecule has 1 heterocycles. The molecule has 0 atom stereocenters. The molecular formula is C19H22N4O2S. The molecule has 26 heavy (non-hydrogen) atoms. The Balaban J connectivity index is 1.89. The molecular weight excluding hydrogens is 348 g/mol. The van der Waals surface area contributed by atoms with Gasteiger partial charge in [-0.25, -0.2) is 8.42 Å². The summed E-state index contributed by atoms with van der Waals surface area (Å²) < 4.78 is 29.7. The summed E-state index contributed by atoms with van der Waals surface area (Å²) in [7, 11) is -1.90. The Hall–Kier alpha value is -2.64. The monoisotopic (exact) mass is 370 g/mol. The van der Waals surface area contributed by atoms with Crippen LogP contribution in [-0.4, -0.2) is 18.2 Å². The van der Waals surface area contributed by atoms with Crippen molar-refractivity contribution in [2.24, 2.45) is 12.8 Å². The van der Waals surface area contributed by atoms with Crippen molar-refractivity contribution in [3.05, 3.63) is 65.5 Å². The zero-order chi connectivity index (χ0) is 18.9. The summed E-state index contributed by atoms with van der Waals surface area (Å²) in [6.45, 7) is 4.07. The molecule has 0 aliphatic heterocycles. The fourth-order valence-electron chi connectivity index (χ4n) is 2.82. The maximum atomic E-state index is 12.7. The minimum Gasteiger partial charge on any atom is -0.326 e. The summed E-state index contributed by atoms with van der Waals surface area (Å²) in [4.78, 5) is 0.207. The van der Waals surface area contributed by atoms with Crippen molar-refractivity contribution in [3.8, 4) is 11.1 Å². The average Bonchev–Trinajstić information content (AvgIpc) is 2.88. The molecule has 1 aromatic heterocycles. The van der Waals surface area contributed by atoms with Gasteiger partial charge < -0.3 is 5.73 Å². The molecule has 0 unspecified atom stereocenters. The van der Waals surface area contributed by atoms with Gasteiger partial charge in [0.1, 0.15) is 0 Å². The molecule has 0 radical (unpaired) electrons. The molecule has 0 fully saturated rings. The van der Waals surface area contributed by atoms with E-state index in [1.54, 1.807) is 42.9 Å². The summed E-state index contributed by atoms with van der Waals surface area (Å²) in [5.74, 6) is 0. The van der Waals surface area contributed by atoms with Crippen LogP contribution in [0.4, 0.5) is 5.69 Å². The number of nitrogens with one attached hydrogen (secondary N) is 1. The lowest BCUT2D eigenvalue weighted by Crippen LogP contribution is -2.14. The number of aryl methyl sites for hydroxylation is 2. The molecule has 0 bridgehead atoms. The highest BCUT2D eigenvalue weighted by Crippen LogP contribution is 2.25. The molecule has 2 aromatic carbocycles. The van der Waals surface area contributed by atoms with Gasteiger partial charge in [-0.3, -0.25) is 9.40 Å². The molecule has 6 nitrogen and oxygen atoms in total.